The fourth-order valence-electron chi connectivity index (χ4n) is 1.78. The summed E-state index contributed by atoms with van der Waals surface area (Å²) in [4.78, 5) is 23.4. The van der Waals surface area contributed by atoms with Crippen LogP contribution in [0.1, 0.15) is 20.7 Å². The van der Waals surface area contributed by atoms with E-state index >= 15 is 0 Å². The van der Waals surface area contributed by atoms with E-state index in [1.54, 1.807) is 0 Å². The molecule has 120 valence electrons. The van der Waals surface area contributed by atoms with Crippen LogP contribution in [-0.4, -0.2) is 33.7 Å². The van der Waals surface area contributed by atoms with E-state index in [0.29, 0.717) is 5.56 Å². The Labute approximate surface area is 133 Å². The van der Waals surface area contributed by atoms with E-state index in [0.717, 1.165) is 6.26 Å². The maximum Gasteiger partial charge on any atom is 0.343 e. The molecule has 0 spiro atoms. The van der Waals surface area contributed by atoms with E-state index in [1.165, 1.54) is 55.6 Å². The van der Waals surface area contributed by atoms with Gasteiger partial charge in [-0.3, -0.25) is 0 Å². The van der Waals surface area contributed by atoms with Gasteiger partial charge >= 0.3 is 11.9 Å². The van der Waals surface area contributed by atoms with Gasteiger partial charge in [0.05, 0.1) is 23.1 Å². The van der Waals surface area contributed by atoms with Gasteiger partial charge in [-0.1, -0.05) is 0 Å². The standard InChI is InChI=1S/C16H14O6S/c1-21-15(17)11-3-7-13(8-4-11)22-16(18)12-5-9-14(10-6-12)23(2,19)20/h3-10H,1-2H3. The third-order valence-electron chi connectivity index (χ3n) is 3.00. The molecule has 0 N–H and O–H groups in total. The van der Waals surface area contributed by atoms with Gasteiger partial charge in [0.2, 0.25) is 0 Å². The Balaban J connectivity index is 2.11. The average molecular weight is 334 g/mol. The molecule has 0 aliphatic heterocycles. The molecule has 0 atom stereocenters. The van der Waals surface area contributed by atoms with Crippen molar-refractivity contribution in [1.82, 2.24) is 0 Å². The van der Waals surface area contributed by atoms with Crippen molar-refractivity contribution < 1.29 is 27.5 Å². The van der Waals surface area contributed by atoms with Gasteiger partial charge in [-0.05, 0) is 48.5 Å². The van der Waals surface area contributed by atoms with Crippen LogP contribution in [0.2, 0.25) is 0 Å². The maximum absolute atomic E-state index is 12.0. The van der Waals surface area contributed by atoms with Gasteiger partial charge in [-0.25, -0.2) is 18.0 Å². The highest BCUT2D eigenvalue weighted by Crippen LogP contribution is 2.16. The van der Waals surface area contributed by atoms with Crippen molar-refractivity contribution in [3.8, 4) is 5.75 Å². The quantitative estimate of drug-likeness (QED) is 0.628. The molecule has 2 aromatic rings. The predicted octanol–water partition coefficient (Wildman–Crippen LogP) is 2.10. The number of carbonyl (C=O) groups excluding carboxylic acids is 2. The van der Waals surface area contributed by atoms with Crippen LogP contribution in [0, 0.1) is 0 Å². The molecule has 0 saturated carbocycles. The van der Waals surface area contributed by atoms with Crippen molar-refractivity contribution in [2.75, 3.05) is 13.4 Å². The van der Waals surface area contributed by atoms with Crippen molar-refractivity contribution >= 4 is 21.8 Å². The molecule has 0 amide bonds. The molecule has 0 saturated heterocycles. The maximum atomic E-state index is 12.0. The fourth-order valence-corrected chi connectivity index (χ4v) is 2.41. The highest BCUT2D eigenvalue weighted by molar-refractivity contribution is 7.90. The Kier molecular flexibility index (Phi) is 4.80. The molecule has 0 heterocycles. The summed E-state index contributed by atoms with van der Waals surface area (Å²) >= 11 is 0. The highest BCUT2D eigenvalue weighted by Gasteiger charge is 2.12. The molecule has 6 nitrogen and oxygen atoms in total. The highest BCUT2D eigenvalue weighted by atomic mass is 32.2. The van der Waals surface area contributed by atoms with E-state index in [-0.39, 0.29) is 16.2 Å². The molecule has 0 fully saturated rings. The molecule has 2 aromatic carbocycles. The number of esters is 2. The van der Waals surface area contributed by atoms with Crippen LogP contribution in [0.15, 0.2) is 53.4 Å². The summed E-state index contributed by atoms with van der Waals surface area (Å²) in [5, 5.41) is 0. The Morgan fingerprint density at radius 3 is 1.78 bits per heavy atom. The number of rotatable bonds is 4. The number of methoxy groups -OCH3 is 1. The Hall–Kier alpha value is -2.67. The zero-order chi connectivity index (χ0) is 17.0. The van der Waals surface area contributed by atoms with Crippen molar-refractivity contribution in [3.63, 3.8) is 0 Å². The van der Waals surface area contributed by atoms with Crippen molar-refractivity contribution in [3.05, 3.63) is 59.7 Å². The third kappa shape index (κ3) is 4.17. The summed E-state index contributed by atoms with van der Waals surface area (Å²) in [5.41, 5.74) is 0.555. The molecule has 23 heavy (non-hydrogen) atoms. The minimum absolute atomic E-state index is 0.122. The molecule has 0 radical (unpaired) electrons. The summed E-state index contributed by atoms with van der Waals surface area (Å²) in [7, 11) is -2.04. The lowest BCUT2D eigenvalue weighted by Crippen LogP contribution is -2.09. The number of carbonyl (C=O) groups is 2. The monoisotopic (exact) mass is 334 g/mol. The van der Waals surface area contributed by atoms with E-state index in [1.807, 2.05) is 0 Å². The van der Waals surface area contributed by atoms with Gasteiger partial charge in [0.15, 0.2) is 9.84 Å². The van der Waals surface area contributed by atoms with Crippen molar-refractivity contribution in [2.24, 2.45) is 0 Å². The topological polar surface area (TPSA) is 86.7 Å². The second-order valence-corrected chi connectivity index (χ2v) is 6.72. The van der Waals surface area contributed by atoms with Crippen LogP contribution >= 0.6 is 0 Å². The second kappa shape index (κ2) is 6.62. The van der Waals surface area contributed by atoms with Gasteiger partial charge in [-0.2, -0.15) is 0 Å². The predicted molar refractivity (Wildman–Crippen MR) is 82.3 cm³/mol. The van der Waals surface area contributed by atoms with Crippen LogP contribution in [0.25, 0.3) is 0 Å². The van der Waals surface area contributed by atoms with E-state index in [2.05, 4.69) is 4.74 Å². The van der Waals surface area contributed by atoms with E-state index in [4.69, 9.17) is 4.74 Å². The SMILES string of the molecule is COC(=O)c1ccc(OC(=O)c2ccc(S(C)(=O)=O)cc2)cc1. The fraction of sp³-hybridized carbons (Fsp3) is 0.125. The Morgan fingerprint density at radius 2 is 1.30 bits per heavy atom. The Bertz CT molecular complexity index is 820. The van der Waals surface area contributed by atoms with Crippen molar-refractivity contribution in [2.45, 2.75) is 4.90 Å². The molecule has 0 aromatic heterocycles. The first kappa shape index (κ1) is 16.7. The zero-order valence-corrected chi connectivity index (χ0v) is 13.3. The largest absolute Gasteiger partial charge is 0.465 e. The Morgan fingerprint density at radius 1 is 0.826 bits per heavy atom. The molecule has 2 rings (SSSR count). The van der Waals surface area contributed by atoms with Crippen LogP contribution in [0.3, 0.4) is 0 Å². The summed E-state index contributed by atoms with van der Waals surface area (Å²) in [6, 6.07) is 11.3. The first-order valence-electron chi connectivity index (χ1n) is 6.52. The smallest absolute Gasteiger partial charge is 0.343 e. The zero-order valence-electron chi connectivity index (χ0n) is 12.5. The van der Waals surface area contributed by atoms with Crippen molar-refractivity contribution in [1.29, 1.82) is 0 Å². The van der Waals surface area contributed by atoms with Gasteiger partial charge in [0, 0.05) is 6.26 Å². The van der Waals surface area contributed by atoms with Gasteiger partial charge in [0.1, 0.15) is 5.75 Å². The lowest BCUT2D eigenvalue weighted by Gasteiger charge is -2.06. The normalized spacial score (nSPS) is 10.9. The van der Waals surface area contributed by atoms with Crippen LogP contribution in [0.4, 0.5) is 0 Å². The summed E-state index contributed by atoms with van der Waals surface area (Å²) < 4.78 is 32.4. The number of sulfone groups is 1. The summed E-state index contributed by atoms with van der Waals surface area (Å²) in [5.74, 6) is -0.857. The second-order valence-electron chi connectivity index (χ2n) is 4.70. The van der Waals surface area contributed by atoms with E-state index < -0.39 is 21.8 Å². The minimum atomic E-state index is -3.32. The molecule has 0 aliphatic rings. The lowest BCUT2D eigenvalue weighted by atomic mass is 10.2. The number of benzene rings is 2. The van der Waals surface area contributed by atoms with Gasteiger partial charge < -0.3 is 9.47 Å². The van der Waals surface area contributed by atoms with Gasteiger partial charge in [0.25, 0.3) is 0 Å². The summed E-state index contributed by atoms with van der Waals surface area (Å²) in [6.07, 6.45) is 1.09. The molecule has 0 unspecified atom stereocenters. The van der Waals surface area contributed by atoms with Crippen LogP contribution in [-0.2, 0) is 14.6 Å². The first-order valence-corrected chi connectivity index (χ1v) is 8.41. The van der Waals surface area contributed by atoms with Crippen LogP contribution < -0.4 is 4.74 Å². The lowest BCUT2D eigenvalue weighted by molar-refractivity contribution is 0.0600. The molecule has 7 heteroatoms. The van der Waals surface area contributed by atoms with Gasteiger partial charge in [-0.15, -0.1) is 0 Å². The molecule has 0 aliphatic carbocycles. The average Bonchev–Trinajstić information content (AvgIpc) is 2.54. The molecule has 0 bridgehead atoms. The third-order valence-corrected chi connectivity index (χ3v) is 4.13. The van der Waals surface area contributed by atoms with E-state index in [9.17, 15) is 18.0 Å². The summed E-state index contributed by atoms with van der Waals surface area (Å²) in [6.45, 7) is 0. The first-order chi connectivity index (χ1) is 10.8. The van der Waals surface area contributed by atoms with Crippen LogP contribution in [0.5, 0.6) is 5.75 Å². The molecular weight excluding hydrogens is 320 g/mol. The number of hydrogen-bond acceptors (Lipinski definition) is 6. The molecular formula is C16H14O6S. The number of hydrogen-bond donors (Lipinski definition) is 0. The minimum Gasteiger partial charge on any atom is -0.465 e. The number of ether oxygens (including phenoxy) is 2.